The van der Waals surface area contributed by atoms with Gasteiger partial charge in [-0.1, -0.05) is 42.0 Å². The fraction of sp³-hybridized carbons (Fsp3) is 0.158. The largest absolute Gasteiger partial charge is 0.233 e. The number of hydrogen-bond acceptors (Lipinski definition) is 3. The summed E-state index contributed by atoms with van der Waals surface area (Å²) in [6.07, 6.45) is 0. The van der Waals surface area contributed by atoms with Crippen LogP contribution in [0.5, 0.6) is 0 Å². The van der Waals surface area contributed by atoms with E-state index in [9.17, 15) is 4.39 Å². The predicted octanol–water partition coefficient (Wildman–Crippen LogP) is 5.19. The van der Waals surface area contributed by atoms with Gasteiger partial charge in [0.2, 0.25) is 0 Å². The van der Waals surface area contributed by atoms with Crippen LogP contribution in [0, 0.1) is 19.7 Å². The molecule has 0 amide bonds. The zero-order chi connectivity index (χ0) is 16.2. The maximum atomic E-state index is 13.2. The van der Waals surface area contributed by atoms with Crippen LogP contribution in [0.15, 0.2) is 59.6 Å². The summed E-state index contributed by atoms with van der Waals surface area (Å²) in [5.41, 5.74) is 4.09. The Balaban J connectivity index is 1.81. The molecule has 2 nitrogen and oxygen atoms in total. The quantitative estimate of drug-likeness (QED) is 0.488. The van der Waals surface area contributed by atoms with Gasteiger partial charge in [0.1, 0.15) is 10.8 Å². The number of benzene rings is 2. The Morgan fingerprint density at radius 3 is 2.48 bits per heavy atom. The van der Waals surface area contributed by atoms with Crippen molar-refractivity contribution in [3.8, 4) is 11.4 Å². The van der Waals surface area contributed by atoms with E-state index in [-0.39, 0.29) is 5.82 Å². The summed E-state index contributed by atoms with van der Waals surface area (Å²) in [6.45, 7) is 4.02. The number of nitrogens with zero attached hydrogens (tertiary/aromatic N) is 2. The Hall–Kier alpha value is -2.20. The third-order valence-corrected chi connectivity index (χ3v) is 4.40. The van der Waals surface area contributed by atoms with E-state index in [1.165, 1.54) is 11.6 Å². The lowest BCUT2D eigenvalue weighted by molar-refractivity contribution is 0.626. The number of rotatable bonds is 4. The van der Waals surface area contributed by atoms with Crippen LogP contribution in [0.1, 0.15) is 16.8 Å². The average Bonchev–Trinajstić information content (AvgIpc) is 2.53. The molecule has 0 fully saturated rings. The van der Waals surface area contributed by atoms with Gasteiger partial charge in [0.05, 0.1) is 0 Å². The lowest BCUT2D eigenvalue weighted by Gasteiger charge is -2.07. The van der Waals surface area contributed by atoms with Crippen molar-refractivity contribution in [2.24, 2.45) is 0 Å². The Morgan fingerprint density at radius 2 is 1.74 bits per heavy atom. The number of aromatic nitrogens is 2. The lowest BCUT2D eigenvalue weighted by atomic mass is 10.1. The number of hydrogen-bond donors (Lipinski definition) is 0. The second-order valence-electron chi connectivity index (χ2n) is 5.46. The van der Waals surface area contributed by atoms with Crippen LogP contribution in [0.3, 0.4) is 0 Å². The van der Waals surface area contributed by atoms with E-state index >= 15 is 0 Å². The molecule has 0 spiro atoms. The summed E-state index contributed by atoms with van der Waals surface area (Å²) in [7, 11) is 0. The van der Waals surface area contributed by atoms with Gasteiger partial charge in [-0.05, 0) is 37.6 Å². The summed E-state index contributed by atoms with van der Waals surface area (Å²) >= 11 is 1.59. The summed E-state index contributed by atoms with van der Waals surface area (Å²) in [5.74, 6) is 1.20. The fourth-order valence-electron chi connectivity index (χ4n) is 2.23. The van der Waals surface area contributed by atoms with Gasteiger partial charge in [-0.2, -0.15) is 0 Å². The minimum Gasteiger partial charge on any atom is -0.233 e. The van der Waals surface area contributed by atoms with E-state index in [0.717, 1.165) is 27.7 Å². The normalized spacial score (nSPS) is 10.7. The van der Waals surface area contributed by atoms with Gasteiger partial charge in [-0.3, -0.25) is 0 Å². The molecular formula is C19H17FN2S. The van der Waals surface area contributed by atoms with E-state index in [4.69, 9.17) is 0 Å². The highest BCUT2D eigenvalue weighted by Gasteiger charge is 2.06. The van der Waals surface area contributed by atoms with Crippen molar-refractivity contribution in [1.29, 1.82) is 0 Å². The Labute approximate surface area is 139 Å². The van der Waals surface area contributed by atoms with Gasteiger partial charge in [0, 0.05) is 17.0 Å². The van der Waals surface area contributed by atoms with Crippen molar-refractivity contribution in [2.75, 3.05) is 0 Å². The average molecular weight is 324 g/mol. The topological polar surface area (TPSA) is 25.8 Å². The maximum Gasteiger partial charge on any atom is 0.160 e. The van der Waals surface area contributed by atoms with Crippen molar-refractivity contribution in [3.63, 3.8) is 0 Å². The van der Waals surface area contributed by atoms with Crippen LogP contribution < -0.4 is 0 Å². The highest BCUT2D eigenvalue weighted by Crippen LogP contribution is 2.25. The van der Waals surface area contributed by atoms with E-state index in [0.29, 0.717) is 5.75 Å². The van der Waals surface area contributed by atoms with Crippen LogP contribution in [0.2, 0.25) is 0 Å². The minimum absolute atomic E-state index is 0.206. The third kappa shape index (κ3) is 4.17. The molecular weight excluding hydrogens is 307 g/mol. The molecule has 0 atom stereocenters. The predicted molar refractivity (Wildman–Crippen MR) is 92.9 cm³/mol. The molecule has 2 aromatic carbocycles. The Kier molecular flexibility index (Phi) is 4.72. The molecule has 0 aliphatic heterocycles. The standard InChI is InChI=1S/C19H17FN2S/c1-13-6-8-16(9-7-13)19-21-14(2)10-18(22-19)23-12-15-4-3-5-17(20)11-15/h3-11H,12H2,1-2H3. The van der Waals surface area contributed by atoms with Crippen molar-refractivity contribution >= 4 is 11.8 Å². The zero-order valence-corrected chi connectivity index (χ0v) is 13.9. The smallest absolute Gasteiger partial charge is 0.160 e. The first-order valence-electron chi connectivity index (χ1n) is 7.40. The minimum atomic E-state index is -0.206. The molecule has 0 N–H and O–H groups in total. The molecule has 0 saturated heterocycles. The van der Waals surface area contributed by atoms with E-state index in [1.54, 1.807) is 23.9 Å². The van der Waals surface area contributed by atoms with E-state index < -0.39 is 0 Å². The summed E-state index contributed by atoms with van der Waals surface area (Å²) in [6, 6.07) is 16.8. The molecule has 0 aliphatic rings. The first kappa shape index (κ1) is 15.7. The second kappa shape index (κ2) is 6.92. The van der Waals surface area contributed by atoms with Crippen molar-refractivity contribution in [2.45, 2.75) is 24.6 Å². The number of halogens is 1. The SMILES string of the molecule is Cc1ccc(-c2nc(C)cc(SCc3cccc(F)c3)n2)cc1. The van der Waals surface area contributed by atoms with Crippen LogP contribution in [0.25, 0.3) is 11.4 Å². The van der Waals surface area contributed by atoms with Crippen LogP contribution in [-0.4, -0.2) is 9.97 Å². The first-order chi connectivity index (χ1) is 11.1. The number of thioether (sulfide) groups is 1. The highest BCUT2D eigenvalue weighted by atomic mass is 32.2. The maximum absolute atomic E-state index is 13.2. The molecule has 0 radical (unpaired) electrons. The van der Waals surface area contributed by atoms with Crippen molar-refractivity contribution in [1.82, 2.24) is 9.97 Å². The molecule has 4 heteroatoms. The van der Waals surface area contributed by atoms with Crippen LogP contribution in [0.4, 0.5) is 4.39 Å². The number of aryl methyl sites for hydroxylation is 2. The zero-order valence-electron chi connectivity index (χ0n) is 13.1. The van der Waals surface area contributed by atoms with Gasteiger partial charge >= 0.3 is 0 Å². The molecule has 0 saturated carbocycles. The molecule has 1 heterocycles. The van der Waals surface area contributed by atoms with Crippen LogP contribution in [-0.2, 0) is 5.75 Å². The van der Waals surface area contributed by atoms with Crippen molar-refractivity contribution < 1.29 is 4.39 Å². The summed E-state index contributed by atoms with van der Waals surface area (Å²) < 4.78 is 13.2. The summed E-state index contributed by atoms with van der Waals surface area (Å²) in [5, 5.41) is 0.900. The van der Waals surface area contributed by atoms with Gasteiger partial charge in [-0.15, -0.1) is 11.8 Å². The lowest BCUT2D eigenvalue weighted by Crippen LogP contribution is -1.94. The Bertz CT molecular complexity index is 816. The van der Waals surface area contributed by atoms with Gasteiger partial charge in [-0.25, -0.2) is 14.4 Å². The van der Waals surface area contributed by atoms with E-state index in [2.05, 4.69) is 29.0 Å². The monoisotopic (exact) mass is 324 g/mol. The first-order valence-corrected chi connectivity index (χ1v) is 8.39. The molecule has 3 aromatic rings. The molecule has 1 aromatic heterocycles. The molecule has 3 rings (SSSR count). The van der Waals surface area contributed by atoms with Gasteiger partial charge in [0.25, 0.3) is 0 Å². The Morgan fingerprint density at radius 1 is 0.957 bits per heavy atom. The van der Waals surface area contributed by atoms with Gasteiger partial charge < -0.3 is 0 Å². The second-order valence-corrected chi connectivity index (χ2v) is 6.45. The fourth-order valence-corrected chi connectivity index (χ4v) is 3.13. The van der Waals surface area contributed by atoms with Gasteiger partial charge in [0.15, 0.2) is 5.82 Å². The third-order valence-electron chi connectivity index (χ3n) is 3.42. The highest BCUT2D eigenvalue weighted by molar-refractivity contribution is 7.98. The summed E-state index contributed by atoms with van der Waals surface area (Å²) in [4.78, 5) is 9.15. The molecule has 0 aliphatic carbocycles. The molecule has 0 unspecified atom stereocenters. The molecule has 116 valence electrons. The van der Waals surface area contributed by atoms with Crippen LogP contribution >= 0.6 is 11.8 Å². The van der Waals surface area contributed by atoms with E-state index in [1.807, 2.05) is 31.2 Å². The molecule has 23 heavy (non-hydrogen) atoms. The van der Waals surface area contributed by atoms with Crippen molar-refractivity contribution in [3.05, 3.63) is 77.2 Å². The molecule has 0 bridgehead atoms.